The van der Waals surface area contributed by atoms with E-state index in [-0.39, 0.29) is 17.6 Å². The van der Waals surface area contributed by atoms with E-state index in [4.69, 9.17) is 0 Å². The molecule has 2 N–H and O–H groups in total. The lowest BCUT2D eigenvalue weighted by Crippen LogP contribution is -2.54. The highest BCUT2D eigenvalue weighted by molar-refractivity contribution is 5.87. The van der Waals surface area contributed by atoms with Crippen molar-refractivity contribution in [2.75, 3.05) is 31.1 Å². The van der Waals surface area contributed by atoms with Gasteiger partial charge in [-0.05, 0) is 30.7 Å². The maximum Gasteiger partial charge on any atom is 0.245 e. The van der Waals surface area contributed by atoms with E-state index in [2.05, 4.69) is 10.2 Å². The van der Waals surface area contributed by atoms with Gasteiger partial charge in [0.15, 0.2) is 0 Å². The van der Waals surface area contributed by atoms with Crippen LogP contribution in [0.2, 0.25) is 0 Å². The van der Waals surface area contributed by atoms with Crippen molar-refractivity contribution in [1.29, 1.82) is 0 Å². The molecule has 0 saturated carbocycles. The average molecular weight is 305 g/mol. The Labute approximate surface area is 130 Å². The summed E-state index contributed by atoms with van der Waals surface area (Å²) in [5.74, 6) is 0.0599. The van der Waals surface area contributed by atoms with Crippen LogP contribution in [-0.4, -0.2) is 54.0 Å². The SMILES string of the molecule is CCC(NC(C)=O)C(=O)N1CCN(c2ccc(O)cc2)CC1. The van der Waals surface area contributed by atoms with Crippen molar-refractivity contribution in [1.82, 2.24) is 10.2 Å². The monoisotopic (exact) mass is 305 g/mol. The lowest BCUT2D eigenvalue weighted by atomic mass is 10.1. The first-order valence-corrected chi connectivity index (χ1v) is 7.61. The molecule has 2 amide bonds. The van der Waals surface area contributed by atoms with E-state index in [0.717, 1.165) is 18.8 Å². The topological polar surface area (TPSA) is 72.9 Å². The van der Waals surface area contributed by atoms with E-state index < -0.39 is 6.04 Å². The van der Waals surface area contributed by atoms with Crippen LogP contribution in [0.3, 0.4) is 0 Å². The van der Waals surface area contributed by atoms with Crippen molar-refractivity contribution in [3.8, 4) is 5.75 Å². The van der Waals surface area contributed by atoms with Crippen molar-refractivity contribution in [2.45, 2.75) is 26.3 Å². The molecule has 0 spiro atoms. The number of piperazine rings is 1. The third kappa shape index (κ3) is 3.90. The molecule has 1 atom stereocenters. The molecule has 0 aliphatic carbocycles. The number of nitrogens with zero attached hydrogens (tertiary/aromatic N) is 2. The van der Waals surface area contributed by atoms with Gasteiger partial charge in [-0.1, -0.05) is 6.92 Å². The van der Waals surface area contributed by atoms with Gasteiger partial charge in [-0.15, -0.1) is 0 Å². The van der Waals surface area contributed by atoms with E-state index in [9.17, 15) is 14.7 Å². The number of rotatable bonds is 4. The molecular weight excluding hydrogens is 282 g/mol. The molecule has 1 aromatic rings. The number of aromatic hydroxyl groups is 1. The van der Waals surface area contributed by atoms with Crippen molar-refractivity contribution < 1.29 is 14.7 Å². The third-order valence-corrected chi connectivity index (χ3v) is 3.89. The molecule has 0 aromatic heterocycles. The van der Waals surface area contributed by atoms with Gasteiger partial charge in [-0.2, -0.15) is 0 Å². The minimum absolute atomic E-state index is 0.0111. The number of hydrogen-bond acceptors (Lipinski definition) is 4. The Morgan fingerprint density at radius 3 is 2.27 bits per heavy atom. The van der Waals surface area contributed by atoms with Crippen LogP contribution in [0.4, 0.5) is 5.69 Å². The first kappa shape index (κ1) is 16.1. The molecule has 22 heavy (non-hydrogen) atoms. The molecule has 0 bridgehead atoms. The molecular formula is C16H23N3O3. The molecule has 2 rings (SSSR count). The number of anilines is 1. The molecule has 1 aliphatic rings. The summed E-state index contributed by atoms with van der Waals surface area (Å²) in [5.41, 5.74) is 1.04. The summed E-state index contributed by atoms with van der Waals surface area (Å²) in [4.78, 5) is 27.6. The summed E-state index contributed by atoms with van der Waals surface area (Å²) in [7, 11) is 0. The fourth-order valence-electron chi connectivity index (χ4n) is 2.65. The Morgan fingerprint density at radius 1 is 1.18 bits per heavy atom. The molecule has 1 saturated heterocycles. The van der Waals surface area contributed by atoms with Gasteiger partial charge in [0.05, 0.1) is 0 Å². The van der Waals surface area contributed by atoms with E-state index in [1.54, 1.807) is 17.0 Å². The zero-order chi connectivity index (χ0) is 16.1. The van der Waals surface area contributed by atoms with Crippen LogP contribution < -0.4 is 10.2 Å². The van der Waals surface area contributed by atoms with Gasteiger partial charge in [-0.25, -0.2) is 0 Å². The number of phenolic OH excluding ortho intramolecular Hbond substituents is 1. The van der Waals surface area contributed by atoms with Gasteiger partial charge in [0.2, 0.25) is 11.8 Å². The first-order valence-electron chi connectivity index (χ1n) is 7.61. The fourth-order valence-corrected chi connectivity index (χ4v) is 2.65. The van der Waals surface area contributed by atoms with Crippen LogP contribution in [0.15, 0.2) is 24.3 Å². The Morgan fingerprint density at radius 2 is 1.77 bits per heavy atom. The van der Waals surface area contributed by atoms with E-state index in [1.807, 2.05) is 19.1 Å². The van der Waals surface area contributed by atoms with Crippen LogP contribution >= 0.6 is 0 Å². The first-order chi connectivity index (χ1) is 10.5. The van der Waals surface area contributed by atoms with Crippen molar-refractivity contribution in [3.63, 3.8) is 0 Å². The van der Waals surface area contributed by atoms with Crippen molar-refractivity contribution in [2.24, 2.45) is 0 Å². The number of amides is 2. The predicted molar refractivity (Wildman–Crippen MR) is 84.8 cm³/mol. The second-order valence-electron chi connectivity index (χ2n) is 5.49. The Bertz CT molecular complexity index is 522. The van der Waals surface area contributed by atoms with Gasteiger partial charge >= 0.3 is 0 Å². The zero-order valence-corrected chi connectivity index (χ0v) is 13.1. The average Bonchev–Trinajstić information content (AvgIpc) is 2.52. The molecule has 1 unspecified atom stereocenters. The van der Waals surface area contributed by atoms with E-state index >= 15 is 0 Å². The van der Waals surface area contributed by atoms with Crippen LogP contribution in [0.25, 0.3) is 0 Å². The molecule has 1 fully saturated rings. The Hall–Kier alpha value is -2.24. The van der Waals surface area contributed by atoms with Crippen LogP contribution in [0, 0.1) is 0 Å². The molecule has 120 valence electrons. The molecule has 1 aromatic carbocycles. The highest BCUT2D eigenvalue weighted by Crippen LogP contribution is 2.20. The van der Waals surface area contributed by atoms with Crippen LogP contribution in [-0.2, 0) is 9.59 Å². The zero-order valence-electron chi connectivity index (χ0n) is 13.1. The van der Waals surface area contributed by atoms with E-state index in [0.29, 0.717) is 19.5 Å². The Balaban J connectivity index is 1.92. The fraction of sp³-hybridized carbons (Fsp3) is 0.500. The third-order valence-electron chi connectivity index (χ3n) is 3.89. The minimum atomic E-state index is -0.433. The van der Waals surface area contributed by atoms with Gasteiger partial charge in [0, 0.05) is 38.8 Å². The highest BCUT2D eigenvalue weighted by atomic mass is 16.3. The number of hydrogen-bond donors (Lipinski definition) is 2. The summed E-state index contributed by atoms with van der Waals surface area (Å²) in [6, 6.07) is 6.64. The number of carbonyl (C=O) groups is 2. The van der Waals surface area contributed by atoms with Gasteiger partial charge < -0.3 is 20.2 Å². The molecule has 6 nitrogen and oxygen atoms in total. The molecule has 1 heterocycles. The quantitative estimate of drug-likeness (QED) is 0.869. The molecule has 0 radical (unpaired) electrons. The van der Waals surface area contributed by atoms with Crippen molar-refractivity contribution >= 4 is 17.5 Å². The van der Waals surface area contributed by atoms with Gasteiger partial charge in [0.25, 0.3) is 0 Å². The van der Waals surface area contributed by atoms with Gasteiger partial charge in [0.1, 0.15) is 11.8 Å². The standard InChI is InChI=1S/C16H23N3O3/c1-3-15(17-12(2)20)16(22)19-10-8-18(9-11-19)13-4-6-14(21)7-5-13/h4-7,15,21H,3,8-11H2,1-2H3,(H,17,20). The second kappa shape index (κ2) is 7.15. The molecule has 6 heteroatoms. The summed E-state index contributed by atoms with van der Waals surface area (Å²) >= 11 is 0. The number of carbonyl (C=O) groups excluding carboxylic acids is 2. The summed E-state index contributed by atoms with van der Waals surface area (Å²) in [6.45, 7) is 6.08. The van der Waals surface area contributed by atoms with Gasteiger partial charge in [-0.3, -0.25) is 9.59 Å². The predicted octanol–water partition coefficient (Wildman–Crippen LogP) is 0.955. The normalized spacial score (nSPS) is 16.3. The smallest absolute Gasteiger partial charge is 0.245 e. The summed E-state index contributed by atoms with van der Waals surface area (Å²) < 4.78 is 0. The number of nitrogens with one attached hydrogen (secondary N) is 1. The summed E-state index contributed by atoms with van der Waals surface area (Å²) in [6.07, 6.45) is 0.594. The van der Waals surface area contributed by atoms with Crippen LogP contribution in [0.5, 0.6) is 5.75 Å². The maximum absolute atomic E-state index is 12.4. The lowest BCUT2D eigenvalue weighted by molar-refractivity contribution is -0.136. The van der Waals surface area contributed by atoms with Crippen LogP contribution in [0.1, 0.15) is 20.3 Å². The van der Waals surface area contributed by atoms with E-state index in [1.165, 1.54) is 6.92 Å². The molecule has 1 aliphatic heterocycles. The second-order valence-corrected chi connectivity index (χ2v) is 5.49. The minimum Gasteiger partial charge on any atom is -0.508 e. The number of benzene rings is 1. The highest BCUT2D eigenvalue weighted by Gasteiger charge is 2.26. The lowest BCUT2D eigenvalue weighted by Gasteiger charge is -2.37. The number of phenols is 1. The van der Waals surface area contributed by atoms with Crippen molar-refractivity contribution in [3.05, 3.63) is 24.3 Å². The Kier molecular flexibility index (Phi) is 5.25. The maximum atomic E-state index is 12.4. The largest absolute Gasteiger partial charge is 0.508 e. The summed E-state index contributed by atoms with van der Waals surface area (Å²) in [5, 5.41) is 12.0.